The second-order valence-electron chi connectivity index (χ2n) is 3.45. The summed E-state index contributed by atoms with van der Waals surface area (Å²) in [5, 5.41) is 5.93. The highest BCUT2D eigenvalue weighted by Crippen LogP contribution is 2.16. The van der Waals surface area contributed by atoms with E-state index in [4.69, 9.17) is 5.73 Å². The molecule has 0 unspecified atom stereocenters. The first-order valence-electron chi connectivity index (χ1n) is 4.73. The van der Waals surface area contributed by atoms with Crippen LogP contribution < -0.4 is 10.5 Å². The summed E-state index contributed by atoms with van der Waals surface area (Å²) in [6, 6.07) is 2.91. The van der Waals surface area contributed by atoms with E-state index in [2.05, 4.69) is 19.9 Å². The number of nitrogen functional groups attached to an aromatic ring is 1. The molecular formula is C9H11N5O2S. The molecule has 2 rings (SSSR count). The predicted octanol–water partition coefficient (Wildman–Crippen LogP) is 0.496. The van der Waals surface area contributed by atoms with Gasteiger partial charge in [0.2, 0.25) is 0 Å². The van der Waals surface area contributed by atoms with Crippen LogP contribution in [0.4, 0.5) is 11.5 Å². The first kappa shape index (κ1) is 11.4. The maximum atomic E-state index is 11.8. The van der Waals surface area contributed by atoms with Gasteiger partial charge in [-0.05, 0) is 24.6 Å². The third-order valence-electron chi connectivity index (χ3n) is 2.15. The summed E-state index contributed by atoms with van der Waals surface area (Å²) >= 11 is 0. The molecule has 0 spiro atoms. The summed E-state index contributed by atoms with van der Waals surface area (Å²) < 4.78 is 25.9. The van der Waals surface area contributed by atoms with Crippen molar-refractivity contribution in [1.29, 1.82) is 0 Å². The molecule has 90 valence electrons. The van der Waals surface area contributed by atoms with Gasteiger partial charge in [-0.1, -0.05) is 0 Å². The van der Waals surface area contributed by atoms with Crippen LogP contribution in [0.2, 0.25) is 0 Å². The molecule has 0 saturated heterocycles. The van der Waals surface area contributed by atoms with Crippen LogP contribution in [0.5, 0.6) is 0 Å². The lowest BCUT2D eigenvalue weighted by molar-refractivity contribution is 0.597. The van der Waals surface area contributed by atoms with Crippen molar-refractivity contribution in [2.75, 3.05) is 10.5 Å². The maximum absolute atomic E-state index is 11.8. The van der Waals surface area contributed by atoms with E-state index < -0.39 is 10.0 Å². The van der Waals surface area contributed by atoms with Crippen molar-refractivity contribution in [3.63, 3.8) is 0 Å². The van der Waals surface area contributed by atoms with E-state index in [-0.39, 0.29) is 10.8 Å². The van der Waals surface area contributed by atoms with Crippen molar-refractivity contribution >= 4 is 21.5 Å². The summed E-state index contributed by atoms with van der Waals surface area (Å²) in [6.07, 6.45) is 2.76. The number of hydrogen-bond donors (Lipinski definition) is 3. The second-order valence-corrected chi connectivity index (χ2v) is 5.10. The fourth-order valence-corrected chi connectivity index (χ4v) is 2.12. The highest BCUT2D eigenvalue weighted by atomic mass is 32.2. The van der Waals surface area contributed by atoms with E-state index in [1.807, 2.05) is 0 Å². The normalized spacial score (nSPS) is 11.4. The van der Waals surface area contributed by atoms with Gasteiger partial charge in [-0.25, -0.2) is 4.98 Å². The lowest BCUT2D eigenvalue weighted by Gasteiger charge is -2.06. The zero-order valence-corrected chi connectivity index (χ0v) is 9.82. The van der Waals surface area contributed by atoms with Crippen LogP contribution in [0.25, 0.3) is 0 Å². The van der Waals surface area contributed by atoms with E-state index >= 15 is 0 Å². The quantitative estimate of drug-likeness (QED) is 0.736. The van der Waals surface area contributed by atoms with Gasteiger partial charge < -0.3 is 5.73 Å². The van der Waals surface area contributed by atoms with Crippen molar-refractivity contribution < 1.29 is 8.42 Å². The molecule has 0 amide bonds. The Morgan fingerprint density at radius 1 is 1.47 bits per heavy atom. The van der Waals surface area contributed by atoms with E-state index in [1.54, 1.807) is 13.0 Å². The first-order chi connectivity index (χ1) is 7.99. The topological polar surface area (TPSA) is 114 Å². The molecule has 0 aromatic carbocycles. The Labute approximate surface area is 98.1 Å². The summed E-state index contributed by atoms with van der Waals surface area (Å²) in [4.78, 5) is 3.88. The zero-order chi connectivity index (χ0) is 12.5. The number of aryl methyl sites for hydroxylation is 1. The standard InChI is InChI=1S/C9H11N5O2S/c1-6-4-8(11-5-7(6)10)14-17(15,16)9-2-3-12-13-9/h2-5H,10H2,1H3,(H,11,14)(H,12,13). The number of nitrogens with two attached hydrogens (primary N) is 1. The van der Waals surface area contributed by atoms with Gasteiger partial charge in [0.05, 0.1) is 18.1 Å². The molecule has 2 aromatic rings. The van der Waals surface area contributed by atoms with Crippen LogP contribution in [0, 0.1) is 6.92 Å². The van der Waals surface area contributed by atoms with Crippen molar-refractivity contribution in [2.24, 2.45) is 0 Å². The highest BCUT2D eigenvalue weighted by molar-refractivity contribution is 7.92. The number of aromatic nitrogens is 3. The van der Waals surface area contributed by atoms with E-state index in [9.17, 15) is 8.42 Å². The number of hydrogen-bond acceptors (Lipinski definition) is 5. The lowest BCUT2D eigenvalue weighted by Crippen LogP contribution is -2.14. The minimum atomic E-state index is -3.67. The van der Waals surface area contributed by atoms with Gasteiger partial charge >= 0.3 is 0 Å². The van der Waals surface area contributed by atoms with E-state index in [0.29, 0.717) is 5.69 Å². The Bertz CT molecular complexity index is 621. The number of pyridine rings is 1. The minimum Gasteiger partial charge on any atom is -0.397 e. The van der Waals surface area contributed by atoms with E-state index in [0.717, 1.165) is 5.56 Å². The Balaban J connectivity index is 2.30. The predicted molar refractivity (Wildman–Crippen MR) is 62.8 cm³/mol. The number of sulfonamides is 1. The molecule has 8 heteroatoms. The van der Waals surface area contributed by atoms with Gasteiger partial charge in [0.15, 0.2) is 5.03 Å². The van der Waals surface area contributed by atoms with Crippen LogP contribution in [-0.2, 0) is 10.0 Å². The maximum Gasteiger partial charge on any atom is 0.279 e. The molecule has 17 heavy (non-hydrogen) atoms. The number of aromatic amines is 1. The average molecular weight is 253 g/mol. The molecule has 2 aromatic heterocycles. The molecule has 0 radical (unpaired) electrons. The third-order valence-corrected chi connectivity index (χ3v) is 3.44. The molecule has 0 aliphatic heterocycles. The summed E-state index contributed by atoms with van der Waals surface area (Å²) in [5.41, 5.74) is 6.85. The van der Waals surface area contributed by atoms with Crippen molar-refractivity contribution in [3.8, 4) is 0 Å². The molecule has 0 atom stereocenters. The largest absolute Gasteiger partial charge is 0.397 e. The molecule has 0 aliphatic rings. The third kappa shape index (κ3) is 2.36. The first-order valence-corrected chi connectivity index (χ1v) is 6.22. The van der Waals surface area contributed by atoms with E-state index in [1.165, 1.54) is 18.5 Å². The van der Waals surface area contributed by atoms with Gasteiger partial charge in [-0.3, -0.25) is 9.82 Å². The van der Waals surface area contributed by atoms with Gasteiger partial charge in [-0.2, -0.15) is 13.5 Å². The highest BCUT2D eigenvalue weighted by Gasteiger charge is 2.16. The number of H-pyrrole nitrogens is 1. The zero-order valence-electron chi connectivity index (χ0n) is 9.01. The molecule has 0 bridgehead atoms. The van der Waals surface area contributed by atoms with Gasteiger partial charge in [0.25, 0.3) is 10.0 Å². The Morgan fingerprint density at radius 2 is 2.24 bits per heavy atom. The van der Waals surface area contributed by atoms with Crippen LogP contribution in [0.15, 0.2) is 29.6 Å². The molecule has 0 saturated carbocycles. The summed E-state index contributed by atoms with van der Waals surface area (Å²) in [7, 11) is -3.67. The molecule has 2 heterocycles. The van der Waals surface area contributed by atoms with Crippen molar-refractivity contribution in [1.82, 2.24) is 15.2 Å². The monoisotopic (exact) mass is 253 g/mol. The number of anilines is 2. The van der Waals surface area contributed by atoms with Crippen molar-refractivity contribution in [2.45, 2.75) is 11.9 Å². The molecule has 4 N–H and O–H groups in total. The fourth-order valence-electron chi connectivity index (χ4n) is 1.21. The van der Waals surface area contributed by atoms with Gasteiger partial charge in [0, 0.05) is 0 Å². The second kappa shape index (κ2) is 4.06. The minimum absolute atomic E-state index is 0.0196. The van der Waals surface area contributed by atoms with Gasteiger partial charge in [-0.15, -0.1) is 0 Å². The SMILES string of the molecule is Cc1cc(NS(=O)(=O)c2ccn[nH]2)ncc1N. The number of rotatable bonds is 3. The van der Waals surface area contributed by atoms with Crippen LogP contribution >= 0.6 is 0 Å². The Morgan fingerprint density at radius 3 is 2.82 bits per heavy atom. The lowest BCUT2D eigenvalue weighted by atomic mass is 10.2. The number of nitrogens with zero attached hydrogens (tertiary/aromatic N) is 2. The average Bonchev–Trinajstić information content (AvgIpc) is 2.77. The van der Waals surface area contributed by atoms with Gasteiger partial charge in [0.1, 0.15) is 5.82 Å². The van der Waals surface area contributed by atoms with Crippen LogP contribution in [-0.4, -0.2) is 23.6 Å². The molecule has 0 fully saturated rings. The van der Waals surface area contributed by atoms with Crippen molar-refractivity contribution in [3.05, 3.63) is 30.1 Å². The smallest absolute Gasteiger partial charge is 0.279 e. The summed E-state index contributed by atoms with van der Waals surface area (Å²) in [5.74, 6) is 0.214. The Hall–Kier alpha value is -2.09. The fraction of sp³-hybridized carbons (Fsp3) is 0.111. The molecule has 7 nitrogen and oxygen atoms in total. The van der Waals surface area contributed by atoms with Crippen LogP contribution in [0.1, 0.15) is 5.56 Å². The Kier molecular flexibility index (Phi) is 2.72. The molecular weight excluding hydrogens is 242 g/mol. The number of nitrogens with one attached hydrogen (secondary N) is 2. The van der Waals surface area contributed by atoms with Crippen LogP contribution in [0.3, 0.4) is 0 Å². The summed E-state index contributed by atoms with van der Waals surface area (Å²) in [6.45, 7) is 1.77. The molecule has 0 aliphatic carbocycles.